The highest BCUT2D eigenvalue weighted by Crippen LogP contribution is 2.28. The van der Waals surface area contributed by atoms with E-state index in [1.165, 1.54) is 16.4 Å². The number of anilines is 3. The first-order valence-corrected chi connectivity index (χ1v) is 9.25. The number of ether oxygens (including phenoxy) is 1. The van der Waals surface area contributed by atoms with E-state index in [1.54, 1.807) is 11.1 Å². The molecular formula is C18H21N5O2S. The van der Waals surface area contributed by atoms with Gasteiger partial charge in [0.2, 0.25) is 5.95 Å². The molecule has 8 heteroatoms. The van der Waals surface area contributed by atoms with Gasteiger partial charge in [0.15, 0.2) is 0 Å². The molecule has 1 fully saturated rings. The molecule has 1 atom stereocenters. The summed E-state index contributed by atoms with van der Waals surface area (Å²) in [6.07, 6.45) is 1.43. The fourth-order valence-corrected chi connectivity index (χ4v) is 3.51. The minimum atomic E-state index is -0.326. The molecule has 1 saturated heterocycles. The van der Waals surface area contributed by atoms with Gasteiger partial charge in [-0.1, -0.05) is 13.8 Å². The van der Waals surface area contributed by atoms with Crippen molar-refractivity contribution < 1.29 is 11.0 Å². The van der Waals surface area contributed by atoms with Crippen molar-refractivity contribution in [1.82, 2.24) is 14.3 Å². The van der Waals surface area contributed by atoms with Crippen LogP contribution in [0.25, 0.3) is 10.9 Å². The maximum absolute atomic E-state index is 11.9. The molecule has 1 amide bonds. The highest BCUT2D eigenvalue weighted by atomic mass is 32.1. The summed E-state index contributed by atoms with van der Waals surface area (Å²) in [5.41, 5.74) is 1.53. The number of nitrogens with zero attached hydrogens (tertiary/aromatic N) is 4. The summed E-state index contributed by atoms with van der Waals surface area (Å²) in [6.45, 7) is 6.62. The molecule has 0 aliphatic carbocycles. The summed E-state index contributed by atoms with van der Waals surface area (Å²) in [7, 11) is 0. The van der Waals surface area contributed by atoms with Crippen LogP contribution in [0, 0.1) is 0 Å². The SMILES string of the molecule is CC(C)c1cc(Nc2ncc3ccc(N4C(=O)OC[C@@H]4C)cc3n2)ns1.[HH]. The Morgan fingerprint density at radius 3 is 2.92 bits per heavy atom. The van der Waals surface area contributed by atoms with Gasteiger partial charge in [-0.3, -0.25) is 4.90 Å². The first-order chi connectivity index (χ1) is 12.5. The van der Waals surface area contributed by atoms with Crippen molar-refractivity contribution in [2.24, 2.45) is 0 Å². The number of nitrogens with one attached hydrogen (secondary N) is 1. The molecule has 4 rings (SSSR count). The number of hydrogen-bond donors (Lipinski definition) is 1. The molecule has 0 spiro atoms. The predicted molar refractivity (Wildman–Crippen MR) is 104 cm³/mol. The van der Waals surface area contributed by atoms with Crippen molar-refractivity contribution in [2.45, 2.75) is 32.7 Å². The standard InChI is InChI=1S/C18H19N5O2S.H2/c1-10(2)15-7-16(22-26-15)21-17-19-8-12-4-5-13(6-14(12)20-17)23-11(3)9-25-18(23)24;/h4-8,10-11H,9H2,1-3H3,(H,19,20,21,22);1H/t11-;/m0./s1. The number of aromatic nitrogens is 3. The summed E-state index contributed by atoms with van der Waals surface area (Å²) in [6, 6.07) is 7.69. The molecule has 7 nitrogen and oxygen atoms in total. The summed E-state index contributed by atoms with van der Waals surface area (Å²) in [4.78, 5) is 23.7. The van der Waals surface area contributed by atoms with Crippen molar-refractivity contribution in [1.29, 1.82) is 0 Å². The van der Waals surface area contributed by atoms with Crippen LogP contribution in [0.1, 0.15) is 33.0 Å². The Morgan fingerprint density at radius 1 is 1.38 bits per heavy atom. The van der Waals surface area contributed by atoms with Crippen LogP contribution in [0.4, 0.5) is 22.2 Å². The van der Waals surface area contributed by atoms with Gasteiger partial charge in [0.05, 0.1) is 11.6 Å². The highest BCUT2D eigenvalue weighted by Gasteiger charge is 2.30. The lowest BCUT2D eigenvalue weighted by Crippen LogP contribution is -2.30. The first-order valence-electron chi connectivity index (χ1n) is 8.47. The van der Waals surface area contributed by atoms with Crippen molar-refractivity contribution in [3.63, 3.8) is 0 Å². The molecule has 26 heavy (non-hydrogen) atoms. The number of benzene rings is 1. The highest BCUT2D eigenvalue weighted by molar-refractivity contribution is 7.06. The Labute approximate surface area is 156 Å². The number of amides is 1. The third kappa shape index (κ3) is 3.08. The van der Waals surface area contributed by atoms with Crippen LogP contribution in [0.2, 0.25) is 0 Å². The fraction of sp³-hybridized carbons (Fsp3) is 0.333. The minimum absolute atomic E-state index is 0. The molecule has 3 heterocycles. The summed E-state index contributed by atoms with van der Waals surface area (Å²) in [5.74, 6) is 1.66. The number of carbonyl (C=O) groups is 1. The molecule has 1 aromatic carbocycles. The molecule has 136 valence electrons. The molecule has 0 radical (unpaired) electrons. The van der Waals surface area contributed by atoms with E-state index >= 15 is 0 Å². The molecule has 0 bridgehead atoms. The molecule has 0 saturated carbocycles. The zero-order valence-corrected chi connectivity index (χ0v) is 15.6. The van der Waals surface area contributed by atoms with Gasteiger partial charge in [-0.15, -0.1) is 0 Å². The van der Waals surface area contributed by atoms with Crippen LogP contribution in [0.5, 0.6) is 0 Å². The molecule has 1 N–H and O–H groups in total. The normalized spacial score (nSPS) is 17.2. The summed E-state index contributed by atoms with van der Waals surface area (Å²) in [5, 5.41) is 4.05. The van der Waals surface area contributed by atoms with Gasteiger partial charge in [-0.05, 0) is 48.6 Å². The second-order valence-electron chi connectivity index (χ2n) is 6.63. The van der Waals surface area contributed by atoms with E-state index < -0.39 is 0 Å². The monoisotopic (exact) mass is 371 g/mol. The lowest BCUT2D eigenvalue weighted by Gasteiger charge is -2.18. The van der Waals surface area contributed by atoms with E-state index in [9.17, 15) is 4.79 Å². The summed E-state index contributed by atoms with van der Waals surface area (Å²) < 4.78 is 9.50. The van der Waals surface area contributed by atoms with Gasteiger partial charge in [0.1, 0.15) is 12.4 Å². The first kappa shape index (κ1) is 16.7. The van der Waals surface area contributed by atoms with Gasteiger partial charge in [0, 0.05) is 23.6 Å². The van der Waals surface area contributed by atoms with Crippen LogP contribution in [0.15, 0.2) is 30.5 Å². The lowest BCUT2D eigenvalue weighted by molar-refractivity contribution is 0.179. The Bertz CT molecular complexity index is 977. The van der Waals surface area contributed by atoms with Crippen LogP contribution in [-0.4, -0.2) is 33.1 Å². The lowest BCUT2D eigenvalue weighted by atomic mass is 10.2. The van der Waals surface area contributed by atoms with E-state index in [4.69, 9.17) is 4.74 Å². The Hall–Kier alpha value is -2.74. The second kappa shape index (κ2) is 6.53. The Balaban J connectivity index is 0.00000210. The maximum atomic E-state index is 11.9. The number of carbonyl (C=O) groups excluding carboxylic acids is 1. The van der Waals surface area contributed by atoms with Crippen LogP contribution < -0.4 is 10.2 Å². The predicted octanol–water partition coefficient (Wildman–Crippen LogP) is 4.54. The third-order valence-electron chi connectivity index (χ3n) is 4.27. The zero-order chi connectivity index (χ0) is 18.3. The third-order valence-corrected chi connectivity index (χ3v) is 5.36. The quantitative estimate of drug-likeness (QED) is 0.725. The molecule has 0 unspecified atom stereocenters. The van der Waals surface area contributed by atoms with Gasteiger partial charge >= 0.3 is 6.09 Å². The number of cyclic esters (lactones) is 1. The Kier molecular flexibility index (Phi) is 4.20. The minimum Gasteiger partial charge on any atom is -0.447 e. The fourth-order valence-electron chi connectivity index (χ4n) is 2.83. The summed E-state index contributed by atoms with van der Waals surface area (Å²) >= 11 is 1.47. The number of fused-ring (bicyclic) bond motifs is 1. The average Bonchev–Trinajstić information content (AvgIpc) is 3.21. The number of hydrogen-bond acceptors (Lipinski definition) is 7. The maximum Gasteiger partial charge on any atom is 0.414 e. The van der Waals surface area contributed by atoms with Gasteiger partial charge in [-0.2, -0.15) is 4.37 Å². The second-order valence-corrected chi connectivity index (χ2v) is 7.46. The molecular weight excluding hydrogens is 350 g/mol. The zero-order valence-electron chi connectivity index (χ0n) is 14.8. The van der Waals surface area contributed by atoms with Crippen LogP contribution >= 0.6 is 11.5 Å². The average molecular weight is 371 g/mol. The van der Waals surface area contributed by atoms with Crippen molar-refractivity contribution in [3.05, 3.63) is 35.3 Å². The van der Waals surface area contributed by atoms with Crippen LogP contribution in [0.3, 0.4) is 0 Å². The van der Waals surface area contributed by atoms with E-state index in [-0.39, 0.29) is 13.6 Å². The van der Waals surface area contributed by atoms with E-state index in [0.29, 0.717) is 18.5 Å². The molecule has 1 aliphatic heterocycles. The van der Waals surface area contributed by atoms with E-state index in [2.05, 4.69) is 33.5 Å². The Morgan fingerprint density at radius 2 is 2.23 bits per heavy atom. The van der Waals surface area contributed by atoms with Crippen molar-refractivity contribution in [3.8, 4) is 0 Å². The largest absolute Gasteiger partial charge is 0.447 e. The topological polar surface area (TPSA) is 80.2 Å². The van der Waals surface area contributed by atoms with Gasteiger partial charge in [0.25, 0.3) is 0 Å². The van der Waals surface area contributed by atoms with Gasteiger partial charge < -0.3 is 10.1 Å². The smallest absolute Gasteiger partial charge is 0.414 e. The molecule has 1 aliphatic rings. The van der Waals surface area contributed by atoms with E-state index in [1.807, 2.05) is 31.2 Å². The van der Waals surface area contributed by atoms with E-state index in [0.717, 1.165) is 22.4 Å². The van der Waals surface area contributed by atoms with Crippen LogP contribution in [-0.2, 0) is 4.74 Å². The van der Waals surface area contributed by atoms with Crippen molar-refractivity contribution in [2.75, 3.05) is 16.8 Å². The molecule has 3 aromatic rings. The molecule has 2 aromatic heterocycles. The number of rotatable bonds is 4. The van der Waals surface area contributed by atoms with Crippen molar-refractivity contribution >= 4 is 46.0 Å². The van der Waals surface area contributed by atoms with Gasteiger partial charge in [-0.25, -0.2) is 14.8 Å².